The Kier molecular flexibility index (Phi) is 6.22. The third-order valence-corrected chi connectivity index (χ3v) is 4.94. The average Bonchev–Trinajstić information content (AvgIpc) is 2.62. The zero-order valence-electron chi connectivity index (χ0n) is 15.5. The second kappa shape index (κ2) is 8.06. The van der Waals surface area contributed by atoms with Crippen molar-refractivity contribution in [1.29, 1.82) is 0 Å². The van der Waals surface area contributed by atoms with E-state index in [-0.39, 0.29) is 11.6 Å². The van der Waals surface area contributed by atoms with Crippen LogP contribution in [0, 0.1) is 6.92 Å². The molecule has 0 atom stereocenters. The molecule has 1 N–H and O–H groups in total. The fraction of sp³-hybridized carbons (Fsp3) is 0.556. The molecule has 1 fully saturated rings. The molecule has 0 spiro atoms. The maximum absolute atomic E-state index is 13.4. The van der Waals surface area contributed by atoms with Crippen molar-refractivity contribution in [3.8, 4) is 0 Å². The molecular weight excluding hydrogens is 365 g/mol. The van der Waals surface area contributed by atoms with Crippen LogP contribution in [0.2, 0.25) is 0 Å². The summed E-state index contributed by atoms with van der Waals surface area (Å²) in [5, 5.41) is 9.07. The van der Waals surface area contributed by atoms with E-state index in [1.807, 2.05) is 11.8 Å². The highest BCUT2D eigenvalue weighted by molar-refractivity contribution is 5.93. The van der Waals surface area contributed by atoms with Gasteiger partial charge in [-0.15, -0.1) is 0 Å². The van der Waals surface area contributed by atoms with Crippen molar-refractivity contribution < 1.29 is 32.6 Å². The number of carbonyl (C=O) groups is 2. The standard InChI is InChI=1S/C18H23F3N2O4/c1-4-23(13-5-7-22(8-6-13)17(25)26)15-10-12(18(19,20)21)9-14(11(15)2)16(24)27-3/h9-10,13H,4-8H2,1-3H3,(H,25,26). The molecule has 0 unspecified atom stereocenters. The number of carboxylic acid groups (broad SMARTS) is 1. The molecule has 1 saturated heterocycles. The number of nitrogens with zero attached hydrogens (tertiary/aromatic N) is 2. The fourth-order valence-corrected chi connectivity index (χ4v) is 3.48. The Hall–Kier alpha value is -2.45. The average molecular weight is 388 g/mol. The summed E-state index contributed by atoms with van der Waals surface area (Å²) < 4.78 is 44.7. The van der Waals surface area contributed by atoms with Gasteiger partial charge in [0.05, 0.1) is 18.2 Å². The third-order valence-electron chi connectivity index (χ3n) is 4.94. The second-order valence-electron chi connectivity index (χ2n) is 6.44. The third kappa shape index (κ3) is 4.45. The molecule has 1 aromatic rings. The summed E-state index contributed by atoms with van der Waals surface area (Å²) in [5.41, 5.74) is -0.299. The van der Waals surface area contributed by atoms with Crippen LogP contribution in [0.15, 0.2) is 12.1 Å². The van der Waals surface area contributed by atoms with E-state index in [1.54, 1.807) is 6.92 Å². The van der Waals surface area contributed by atoms with E-state index in [1.165, 1.54) is 4.90 Å². The van der Waals surface area contributed by atoms with Crippen molar-refractivity contribution in [1.82, 2.24) is 4.90 Å². The van der Waals surface area contributed by atoms with Gasteiger partial charge >= 0.3 is 18.2 Å². The van der Waals surface area contributed by atoms with E-state index in [0.717, 1.165) is 19.2 Å². The first-order valence-electron chi connectivity index (χ1n) is 8.64. The van der Waals surface area contributed by atoms with E-state index < -0.39 is 23.8 Å². The molecule has 1 amide bonds. The molecule has 0 radical (unpaired) electrons. The Morgan fingerprint density at radius 3 is 2.33 bits per heavy atom. The minimum Gasteiger partial charge on any atom is -0.465 e. The van der Waals surface area contributed by atoms with Crippen molar-refractivity contribution in [2.75, 3.05) is 31.6 Å². The Balaban J connectivity index is 2.44. The van der Waals surface area contributed by atoms with Crippen LogP contribution in [-0.2, 0) is 10.9 Å². The number of amides is 1. The van der Waals surface area contributed by atoms with Crippen LogP contribution in [0.25, 0.3) is 0 Å². The van der Waals surface area contributed by atoms with Gasteiger partial charge in [-0.3, -0.25) is 0 Å². The van der Waals surface area contributed by atoms with E-state index in [4.69, 9.17) is 5.11 Å². The van der Waals surface area contributed by atoms with Gasteiger partial charge in [0, 0.05) is 31.4 Å². The van der Waals surface area contributed by atoms with Gasteiger partial charge in [0.1, 0.15) is 0 Å². The topological polar surface area (TPSA) is 70.1 Å². The lowest BCUT2D eigenvalue weighted by molar-refractivity contribution is -0.137. The summed E-state index contributed by atoms with van der Waals surface area (Å²) in [6, 6.07) is 1.75. The van der Waals surface area contributed by atoms with Crippen molar-refractivity contribution in [2.45, 2.75) is 38.9 Å². The van der Waals surface area contributed by atoms with Gasteiger partial charge in [0.25, 0.3) is 0 Å². The molecular formula is C18H23F3N2O4. The number of piperidine rings is 1. The highest BCUT2D eigenvalue weighted by Gasteiger charge is 2.35. The van der Waals surface area contributed by atoms with Gasteiger partial charge < -0.3 is 19.6 Å². The molecule has 6 nitrogen and oxygen atoms in total. The number of rotatable bonds is 4. The number of likely N-dealkylation sites (tertiary alicyclic amines) is 1. The minimum absolute atomic E-state index is 0.113. The number of hydrogen-bond acceptors (Lipinski definition) is 4. The molecule has 0 aromatic heterocycles. The van der Waals surface area contributed by atoms with Crippen LogP contribution in [0.4, 0.5) is 23.7 Å². The number of benzene rings is 1. The molecule has 1 heterocycles. The number of ether oxygens (including phenoxy) is 1. The minimum atomic E-state index is -4.60. The van der Waals surface area contributed by atoms with Crippen molar-refractivity contribution >= 4 is 17.7 Å². The lowest BCUT2D eigenvalue weighted by Crippen LogP contribution is -2.46. The van der Waals surface area contributed by atoms with Crippen LogP contribution in [0.5, 0.6) is 0 Å². The van der Waals surface area contributed by atoms with Crippen LogP contribution in [-0.4, -0.2) is 54.9 Å². The molecule has 1 aliphatic rings. The van der Waals surface area contributed by atoms with Gasteiger partial charge in [0.2, 0.25) is 0 Å². The largest absolute Gasteiger partial charge is 0.465 e. The van der Waals surface area contributed by atoms with E-state index >= 15 is 0 Å². The molecule has 9 heteroatoms. The number of alkyl halides is 3. The van der Waals surface area contributed by atoms with Crippen molar-refractivity contribution in [3.05, 3.63) is 28.8 Å². The fourth-order valence-electron chi connectivity index (χ4n) is 3.48. The maximum Gasteiger partial charge on any atom is 0.416 e. The summed E-state index contributed by atoms with van der Waals surface area (Å²) in [7, 11) is 1.13. The lowest BCUT2D eigenvalue weighted by atomic mass is 9.97. The smallest absolute Gasteiger partial charge is 0.416 e. The molecule has 2 rings (SSSR count). The summed E-state index contributed by atoms with van der Waals surface area (Å²) in [4.78, 5) is 26.2. The second-order valence-corrected chi connectivity index (χ2v) is 6.44. The number of hydrogen-bond donors (Lipinski definition) is 1. The van der Waals surface area contributed by atoms with Gasteiger partial charge in [-0.25, -0.2) is 9.59 Å². The highest BCUT2D eigenvalue weighted by Crippen LogP contribution is 2.37. The van der Waals surface area contributed by atoms with E-state index in [2.05, 4.69) is 4.74 Å². The van der Waals surface area contributed by atoms with E-state index in [0.29, 0.717) is 43.7 Å². The Morgan fingerprint density at radius 2 is 1.89 bits per heavy atom. The molecule has 150 valence electrons. The predicted molar refractivity (Wildman–Crippen MR) is 93.2 cm³/mol. The van der Waals surface area contributed by atoms with Gasteiger partial charge in [-0.2, -0.15) is 13.2 Å². The normalized spacial score (nSPS) is 15.6. The van der Waals surface area contributed by atoms with Gasteiger partial charge in [-0.05, 0) is 44.4 Å². The molecule has 1 aromatic carbocycles. The van der Waals surface area contributed by atoms with Gasteiger partial charge in [0.15, 0.2) is 0 Å². The molecule has 0 aliphatic carbocycles. The Morgan fingerprint density at radius 1 is 1.30 bits per heavy atom. The zero-order chi connectivity index (χ0) is 20.4. The van der Waals surface area contributed by atoms with Crippen LogP contribution in [0.1, 0.15) is 41.3 Å². The first-order valence-corrected chi connectivity index (χ1v) is 8.64. The first kappa shape index (κ1) is 20.9. The van der Waals surface area contributed by atoms with Crippen LogP contribution < -0.4 is 4.90 Å². The molecule has 1 aliphatic heterocycles. The Bertz CT molecular complexity index is 713. The molecule has 0 bridgehead atoms. The van der Waals surface area contributed by atoms with Crippen LogP contribution in [0.3, 0.4) is 0 Å². The summed E-state index contributed by atoms with van der Waals surface area (Å²) in [6.07, 6.45) is -4.59. The molecule has 0 saturated carbocycles. The van der Waals surface area contributed by atoms with Crippen molar-refractivity contribution in [2.24, 2.45) is 0 Å². The van der Waals surface area contributed by atoms with E-state index in [9.17, 15) is 22.8 Å². The number of esters is 1. The number of anilines is 1. The zero-order valence-corrected chi connectivity index (χ0v) is 15.5. The first-order chi connectivity index (χ1) is 12.6. The van der Waals surface area contributed by atoms with Crippen LogP contribution >= 0.6 is 0 Å². The Labute approximate surface area is 155 Å². The number of carbonyl (C=O) groups excluding carboxylic acids is 1. The summed E-state index contributed by atoms with van der Waals surface area (Å²) in [6.45, 7) is 4.48. The lowest BCUT2D eigenvalue weighted by Gasteiger charge is -2.39. The monoisotopic (exact) mass is 388 g/mol. The highest BCUT2D eigenvalue weighted by atomic mass is 19.4. The SMILES string of the molecule is CCN(c1cc(C(F)(F)F)cc(C(=O)OC)c1C)C1CCN(C(=O)O)CC1. The summed E-state index contributed by atoms with van der Waals surface area (Å²) in [5.74, 6) is -0.823. The van der Waals surface area contributed by atoms with Gasteiger partial charge in [-0.1, -0.05) is 0 Å². The predicted octanol–water partition coefficient (Wildman–Crippen LogP) is 3.77. The maximum atomic E-state index is 13.4. The number of halogens is 3. The number of methoxy groups -OCH3 is 1. The molecule has 27 heavy (non-hydrogen) atoms. The summed E-state index contributed by atoms with van der Waals surface area (Å²) >= 11 is 0. The quantitative estimate of drug-likeness (QED) is 0.795. The van der Waals surface area contributed by atoms with Crippen molar-refractivity contribution in [3.63, 3.8) is 0 Å².